The van der Waals surface area contributed by atoms with E-state index in [-0.39, 0.29) is 22.6 Å². The molecule has 3 aromatic rings. The number of phenolic OH excluding ortho intramolecular Hbond substituents is 2. The average Bonchev–Trinajstić information content (AvgIpc) is 2.49. The molecule has 2 nitrogen and oxygen atoms in total. The van der Waals surface area contributed by atoms with Gasteiger partial charge in [-0.15, -0.1) is 0 Å². The fourth-order valence-corrected chi connectivity index (χ4v) is 2.37. The van der Waals surface area contributed by atoms with Crippen LogP contribution in [-0.4, -0.2) is 10.2 Å². The quantitative estimate of drug-likeness (QED) is 0.721. The van der Waals surface area contributed by atoms with Gasteiger partial charge in [-0.1, -0.05) is 54.6 Å². The van der Waals surface area contributed by atoms with E-state index in [1.807, 2.05) is 30.3 Å². The Morgan fingerprint density at radius 2 is 1.19 bits per heavy atom. The Bertz CT molecular complexity index is 762. The van der Waals surface area contributed by atoms with Gasteiger partial charge in [-0.05, 0) is 17.7 Å². The van der Waals surface area contributed by atoms with Crippen molar-refractivity contribution in [1.82, 2.24) is 0 Å². The van der Waals surface area contributed by atoms with Crippen LogP contribution in [0.2, 0.25) is 0 Å². The number of phenols is 2. The molecule has 0 saturated heterocycles. The lowest BCUT2D eigenvalue weighted by molar-refractivity contribution is 0.453. The van der Waals surface area contributed by atoms with Crippen LogP contribution in [0, 0.1) is 5.82 Å². The Morgan fingerprint density at radius 1 is 0.619 bits per heavy atom. The van der Waals surface area contributed by atoms with Crippen LogP contribution >= 0.6 is 0 Å². The Hall–Kier alpha value is -2.81. The van der Waals surface area contributed by atoms with Crippen LogP contribution in [0.1, 0.15) is 0 Å². The number of hydrogen-bond acceptors (Lipinski definition) is 2. The van der Waals surface area contributed by atoms with Crippen molar-refractivity contribution in [2.75, 3.05) is 0 Å². The molecular weight excluding hydrogens is 267 g/mol. The summed E-state index contributed by atoms with van der Waals surface area (Å²) in [6.45, 7) is 0. The highest BCUT2D eigenvalue weighted by molar-refractivity contribution is 5.80. The van der Waals surface area contributed by atoms with E-state index in [9.17, 15) is 14.6 Å². The minimum Gasteiger partial charge on any atom is -0.507 e. The molecule has 21 heavy (non-hydrogen) atoms. The zero-order valence-corrected chi connectivity index (χ0v) is 11.1. The summed E-state index contributed by atoms with van der Waals surface area (Å²) >= 11 is 0. The van der Waals surface area contributed by atoms with Gasteiger partial charge in [-0.25, -0.2) is 4.39 Å². The lowest BCUT2D eigenvalue weighted by atomic mass is 9.97. The lowest BCUT2D eigenvalue weighted by Gasteiger charge is -2.11. The largest absolute Gasteiger partial charge is 0.507 e. The first-order chi connectivity index (χ1) is 10.2. The van der Waals surface area contributed by atoms with Crippen LogP contribution in [0.3, 0.4) is 0 Å². The van der Waals surface area contributed by atoms with Crippen LogP contribution < -0.4 is 0 Å². The molecule has 3 rings (SSSR count). The molecule has 0 radical (unpaired) electrons. The second-order valence-corrected chi connectivity index (χ2v) is 4.70. The standard InChI is InChI=1S/C18H13FO2/c19-18-13(12-6-2-1-3-7-12)8-4-9-14(18)17-15(20)10-5-11-16(17)21/h1-11,20-21H. The molecule has 3 heteroatoms. The molecule has 0 atom stereocenters. The van der Waals surface area contributed by atoms with E-state index in [2.05, 4.69) is 0 Å². The van der Waals surface area contributed by atoms with E-state index < -0.39 is 5.82 Å². The summed E-state index contributed by atoms with van der Waals surface area (Å²) in [6.07, 6.45) is 0. The van der Waals surface area contributed by atoms with Crippen molar-refractivity contribution >= 4 is 0 Å². The summed E-state index contributed by atoms with van der Waals surface area (Å²) < 4.78 is 14.8. The van der Waals surface area contributed by atoms with Gasteiger partial charge in [0.05, 0.1) is 5.56 Å². The topological polar surface area (TPSA) is 40.5 Å². The Labute approximate surface area is 121 Å². The third kappa shape index (κ3) is 2.34. The predicted octanol–water partition coefficient (Wildman–Crippen LogP) is 4.57. The fourth-order valence-electron chi connectivity index (χ4n) is 2.37. The molecule has 2 N–H and O–H groups in total. The molecule has 0 aliphatic heterocycles. The molecule has 0 bridgehead atoms. The van der Waals surface area contributed by atoms with Gasteiger partial charge in [0.15, 0.2) is 0 Å². The Kier molecular flexibility index (Phi) is 3.32. The van der Waals surface area contributed by atoms with E-state index in [1.165, 1.54) is 24.3 Å². The predicted molar refractivity (Wildman–Crippen MR) is 80.6 cm³/mol. The lowest BCUT2D eigenvalue weighted by Crippen LogP contribution is -1.90. The van der Waals surface area contributed by atoms with Gasteiger partial charge in [-0.3, -0.25) is 0 Å². The normalized spacial score (nSPS) is 10.5. The van der Waals surface area contributed by atoms with Crippen molar-refractivity contribution in [2.24, 2.45) is 0 Å². The van der Waals surface area contributed by atoms with Crippen molar-refractivity contribution in [3.63, 3.8) is 0 Å². The van der Waals surface area contributed by atoms with E-state index in [1.54, 1.807) is 12.1 Å². The highest BCUT2D eigenvalue weighted by Gasteiger charge is 2.16. The molecule has 0 saturated carbocycles. The summed E-state index contributed by atoms with van der Waals surface area (Å²) in [5.74, 6) is -0.779. The highest BCUT2D eigenvalue weighted by Crippen LogP contribution is 2.40. The average molecular weight is 280 g/mol. The number of rotatable bonds is 2. The molecule has 0 aliphatic carbocycles. The molecule has 3 aromatic carbocycles. The maximum Gasteiger partial charge on any atom is 0.139 e. The number of hydrogen-bond donors (Lipinski definition) is 2. The van der Waals surface area contributed by atoms with Crippen LogP contribution in [0.5, 0.6) is 11.5 Å². The van der Waals surface area contributed by atoms with E-state index in [0.29, 0.717) is 5.56 Å². The summed E-state index contributed by atoms with van der Waals surface area (Å²) in [6, 6.07) is 18.4. The van der Waals surface area contributed by atoms with Gasteiger partial charge in [0.1, 0.15) is 17.3 Å². The van der Waals surface area contributed by atoms with Crippen molar-refractivity contribution in [1.29, 1.82) is 0 Å². The second-order valence-electron chi connectivity index (χ2n) is 4.70. The Morgan fingerprint density at radius 3 is 1.86 bits per heavy atom. The van der Waals surface area contributed by atoms with Crippen LogP contribution in [0.25, 0.3) is 22.3 Å². The summed E-state index contributed by atoms with van der Waals surface area (Å²) in [5, 5.41) is 19.8. The third-order valence-corrected chi connectivity index (χ3v) is 3.37. The molecule has 0 spiro atoms. The molecule has 0 fully saturated rings. The molecule has 0 unspecified atom stereocenters. The number of halogens is 1. The van der Waals surface area contributed by atoms with E-state index in [0.717, 1.165) is 5.56 Å². The first kappa shape index (κ1) is 13.2. The molecular formula is C18H13FO2. The summed E-state index contributed by atoms with van der Waals surface area (Å²) in [7, 11) is 0. The fraction of sp³-hybridized carbons (Fsp3) is 0. The maximum absolute atomic E-state index is 14.8. The van der Waals surface area contributed by atoms with Crippen molar-refractivity contribution in [3.05, 3.63) is 72.5 Å². The molecule has 0 aromatic heterocycles. The van der Waals surface area contributed by atoms with Crippen LogP contribution in [0.4, 0.5) is 4.39 Å². The summed E-state index contributed by atoms with van der Waals surface area (Å²) in [4.78, 5) is 0. The van der Waals surface area contributed by atoms with Crippen LogP contribution in [0.15, 0.2) is 66.7 Å². The molecule has 0 amide bonds. The highest BCUT2D eigenvalue weighted by atomic mass is 19.1. The SMILES string of the molecule is Oc1cccc(O)c1-c1cccc(-c2ccccc2)c1F. The molecule has 0 aliphatic rings. The second kappa shape index (κ2) is 5.29. The smallest absolute Gasteiger partial charge is 0.139 e. The molecule has 0 heterocycles. The van der Waals surface area contributed by atoms with Gasteiger partial charge < -0.3 is 10.2 Å². The zero-order valence-electron chi connectivity index (χ0n) is 11.1. The van der Waals surface area contributed by atoms with Gasteiger partial charge in [-0.2, -0.15) is 0 Å². The minimum absolute atomic E-state index is 0.104. The van der Waals surface area contributed by atoms with E-state index >= 15 is 0 Å². The van der Waals surface area contributed by atoms with Crippen molar-refractivity contribution in [2.45, 2.75) is 0 Å². The van der Waals surface area contributed by atoms with Gasteiger partial charge in [0.2, 0.25) is 0 Å². The molecule has 104 valence electrons. The van der Waals surface area contributed by atoms with Crippen LogP contribution in [-0.2, 0) is 0 Å². The Balaban J connectivity index is 2.23. The van der Waals surface area contributed by atoms with Crippen molar-refractivity contribution < 1.29 is 14.6 Å². The zero-order chi connectivity index (χ0) is 14.8. The first-order valence-corrected chi connectivity index (χ1v) is 6.53. The van der Waals surface area contributed by atoms with Gasteiger partial charge >= 0.3 is 0 Å². The van der Waals surface area contributed by atoms with Crippen molar-refractivity contribution in [3.8, 4) is 33.8 Å². The van der Waals surface area contributed by atoms with Gasteiger partial charge in [0, 0.05) is 11.1 Å². The minimum atomic E-state index is -0.472. The van der Waals surface area contributed by atoms with E-state index in [4.69, 9.17) is 0 Å². The first-order valence-electron chi connectivity index (χ1n) is 6.53. The number of aromatic hydroxyl groups is 2. The maximum atomic E-state index is 14.8. The van der Waals surface area contributed by atoms with Gasteiger partial charge in [0.25, 0.3) is 0 Å². The number of benzene rings is 3. The summed E-state index contributed by atoms with van der Waals surface area (Å²) in [5.41, 5.74) is 1.45. The monoisotopic (exact) mass is 280 g/mol. The third-order valence-electron chi connectivity index (χ3n) is 3.37.